The van der Waals surface area contributed by atoms with Crippen molar-refractivity contribution in [3.05, 3.63) is 106 Å². The highest BCUT2D eigenvalue weighted by molar-refractivity contribution is 5.46. The summed E-state index contributed by atoms with van der Waals surface area (Å²) in [5, 5.41) is 11.5. The molecule has 2 heterocycles. The number of nitro groups is 1. The average Bonchev–Trinajstić information content (AvgIpc) is 3.27. The van der Waals surface area contributed by atoms with Crippen LogP contribution in [0.25, 0.3) is 0 Å². The summed E-state index contributed by atoms with van der Waals surface area (Å²) in [6, 6.07) is 26.8. The van der Waals surface area contributed by atoms with E-state index in [4.69, 9.17) is 0 Å². The summed E-state index contributed by atoms with van der Waals surface area (Å²) in [5.74, 6) is 0.939. The lowest BCUT2D eigenvalue weighted by Crippen LogP contribution is -2.48. The van der Waals surface area contributed by atoms with Gasteiger partial charge in [-0.25, -0.2) is 0 Å². The number of benzene rings is 3. The SMILES string of the molecule is Cc1ccc(C2CN(Cc3ccccc3[N+](=O)[O-])CC2CN2CCN(c3ccccc3)CC2)cc1. The molecule has 2 saturated heterocycles. The fourth-order valence-electron chi connectivity index (χ4n) is 5.69. The molecule has 0 saturated carbocycles. The molecule has 2 atom stereocenters. The third-order valence-electron chi connectivity index (χ3n) is 7.59. The van der Waals surface area contributed by atoms with Crippen LogP contribution in [0.4, 0.5) is 11.4 Å². The van der Waals surface area contributed by atoms with E-state index >= 15 is 0 Å². The van der Waals surface area contributed by atoms with Crippen molar-refractivity contribution in [2.24, 2.45) is 5.92 Å². The number of hydrogen-bond acceptors (Lipinski definition) is 5. The molecule has 0 amide bonds. The molecule has 182 valence electrons. The summed E-state index contributed by atoms with van der Waals surface area (Å²) in [6.07, 6.45) is 0. The second kappa shape index (κ2) is 10.6. The Morgan fingerprint density at radius 1 is 0.829 bits per heavy atom. The van der Waals surface area contributed by atoms with Gasteiger partial charge in [0, 0.05) is 75.6 Å². The first-order chi connectivity index (χ1) is 17.1. The number of nitrogens with zero attached hydrogens (tertiary/aromatic N) is 4. The topological polar surface area (TPSA) is 52.9 Å². The zero-order valence-corrected chi connectivity index (χ0v) is 20.4. The van der Waals surface area contributed by atoms with Crippen LogP contribution in [0.3, 0.4) is 0 Å². The first kappa shape index (κ1) is 23.5. The third kappa shape index (κ3) is 5.55. The monoisotopic (exact) mass is 470 g/mol. The summed E-state index contributed by atoms with van der Waals surface area (Å²) in [5.41, 5.74) is 4.99. The summed E-state index contributed by atoms with van der Waals surface area (Å²) in [4.78, 5) is 18.8. The smallest absolute Gasteiger partial charge is 0.273 e. The van der Waals surface area contributed by atoms with Crippen LogP contribution in [0.15, 0.2) is 78.9 Å². The van der Waals surface area contributed by atoms with Crippen LogP contribution in [-0.4, -0.2) is 60.5 Å². The fraction of sp³-hybridized carbons (Fsp3) is 0.379. The van der Waals surface area contributed by atoms with Gasteiger partial charge in [-0.3, -0.25) is 19.9 Å². The maximum Gasteiger partial charge on any atom is 0.273 e. The number of aryl methyl sites for hydroxylation is 1. The fourth-order valence-corrected chi connectivity index (χ4v) is 5.69. The molecule has 35 heavy (non-hydrogen) atoms. The minimum atomic E-state index is -0.257. The molecule has 0 N–H and O–H groups in total. The maximum absolute atomic E-state index is 11.5. The zero-order valence-electron chi connectivity index (χ0n) is 20.4. The molecule has 6 nitrogen and oxygen atoms in total. The van der Waals surface area contributed by atoms with Crippen molar-refractivity contribution in [2.75, 3.05) is 50.7 Å². The standard InChI is InChI=1S/C29H34N4O2/c1-23-11-13-24(14-12-23)28-22-31(19-25-7-5-6-10-29(25)33(34)35)21-26(28)20-30-15-17-32(18-16-30)27-8-3-2-4-9-27/h2-14,26,28H,15-22H2,1H3. The summed E-state index contributed by atoms with van der Waals surface area (Å²) < 4.78 is 0. The molecule has 2 aliphatic heterocycles. The van der Waals surface area contributed by atoms with Crippen molar-refractivity contribution in [2.45, 2.75) is 19.4 Å². The van der Waals surface area contributed by atoms with Gasteiger partial charge in [-0.1, -0.05) is 66.2 Å². The van der Waals surface area contributed by atoms with E-state index in [0.717, 1.165) is 51.4 Å². The largest absolute Gasteiger partial charge is 0.369 e. The molecule has 0 radical (unpaired) electrons. The van der Waals surface area contributed by atoms with Crippen molar-refractivity contribution in [3.8, 4) is 0 Å². The van der Waals surface area contributed by atoms with Crippen LogP contribution in [-0.2, 0) is 6.54 Å². The predicted molar refractivity (Wildman–Crippen MR) is 141 cm³/mol. The third-order valence-corrected chi connectivity index (χ3v) is 7.59. The summed E-state index contributed by atoms with van der Waals surface area (Å²) in [7, 11) is 0. The first-order valence-electron chi connectivity index (χ1n) is 12.6. The summed E-state index contributed by atoms with van der Waals surface area (Å²) in [6.45, 7) is 9.94. The van der Waals surface area contributed by atoms with E-state index in [-0.39, 0.29) is 10.6 Å². The number of anilines is 1. The molecule has 2 unspecified atom stereocenters. The number of hydrogen-bond donors (Lipinski definition) is 0. The van der Waals surface area contributed by atoms with E-state index < -0.39 is 0 Å². The van der Waals surface area contributed by atoms with E-state index in [1.807, 2.05) is 12.1 Å². The van der Waals surface area contributed by atoms with Crippen LogP contribution >= 0.6 is 0 Å². The van der Waals surface area contributed by atoms with Gasteiger partial charge in [-0.05, 0) is 30.5 Å². The van der Waals surface area contributed by atoms with E-state index in [2.05, 4.69) is 76.2 Å². The lowest BCUT2D eigenvalue weighted by molar-refractivity contribution is -0.385. The average molecular weight is 471 g/mol. The first-order valence-corrected chi connectivity index (χ1v) is 12.6. The Hall–Kier alpha value is -3.22. The lowest BCUT2D eigenvalue weighted by atomic mass is 9.88. The Bertz CT molecular complexity index is 1130. The predicted octanol–water partition coefficient (Wildman–Crippen LogP) is 4.94. The minimum Gasteiger partial charge on any atom is -0.369 e. The molecule has 0 aliphatic carbocycles. The molecular formula is C29H34N4O2. The number of nitro benzene ring substituents is 1. The van der Waals surface area contributed by atoms with Crippen LogP contribution in [0.2, 0.25) is 0 Å². The highest BCUT2D eigenvalue weighted by Gasteiger charge is 2.36. The van der Waals surface area contributed by atoms with Gasteiger partial charge >= 0.3 is 0 Å². The van der Waals surface area contributed by atoms with Gasteiger partial charge in [0.05, 0.1) is 4.92 Å². The van der Waals surface area contributed by atoms with E-state index in [1.54, 1.807) is 12.1 Å². The van der Waals surface area contributed by atoms with Gasteiger partial charge in [0.1, 0.15) is 0 Å². The van der Waals surface area contributed by atoms with Gasteiger partial charge < -0.3 is 4.90 Å². The molecule has 2 aliphatic rings. The van der Waals surface area contributed by atoms with E-state index in [1.165, 1.54) is 16.8 Å². The van der Waals surface area contributed by atoms with Gasteiger partial charge in [0.2, 0.25) is 0 Å². The number of rotatable bonds is 7. The maximum atomic E-state index is 11.5. The van der Waals surface area contributed by atoms with Crippen molar-refractivity contribution in [3.63, 3.8) is 0 Å². The molecule has 0 spiro atoms. The quantitative estimate of drug-likeness (QED) is 0.362. The van der Waals surface area contributed by atoms with E-state index in [0.29, 0.717) is 18.4 Å². The molecule has 0 bridgehead atoms. The molecule has 5 rings (SSSR count). The van der Waals surface area contributed by atoms with Crippen molar-refractivity contribution < 1.29 is 4.92 Å². The minimum absolute atomic E-state index is 0.222. The van der Waals surface area contributed by atoms with Crippen LogP contribution in [0, 0.1) is 23.0 Å². The Labute approximate surface area is 207 Å². The normalized spacial score (nSPS) is 21.3. The van der Waals surface area contributed by atoms with E-state index in [9.17, 15) is 10.1 Å². The summed E-state index contributed by atoms with van der Waals surface area (Å²) >= 11 is 0. The molecule has 3 aromatic rings. The van der Waals surface area contributed by atoms with Gasteiger partial charge in [0.25, 0.3) is 5.69 Å². The molecule has 0 aromatic heterocycles. The Morgan fingerprint density at radius 3 is 2.23 bits per heavy atom. The number of piperazine rings is 1. The second-order valence-electron chi connectivity index (χ2n) is 9.98. The van der Waals surface area contributed by atoms with Gasteiger partial charge in [-0.15, -0.1) is 0 Å². The van der Waals surface area contributed by atoms with Crippen molar-refractivity contribution >= 4 is 11.4 Å². The lowest BCUT2D eigenvalue weighted by Gasteiger charge is -2.38. The zero-order chi connectivity index (χ0) is 24.2. The van der Waals surface area contributed by atoms with Crippen LogP contribution < -0.4 is 4.90 Å². The Kier molecular flexibility index (Phi) is 7.11. The Morgan fingerprint density at radius 2 is 1.51 bits per heavy atom. The molecule has 6 heteroatoms. The van der Waals surface area contributed by atoms with Crippen molar-refractivity contribution in [1.29, 1.82) is 0 Å². The Balaban J connectivity index is 1.28. The number of para-hydroxylation sites is 2. The van der Waals surface area contributed by atoms with Gasteiger partial charge in [0.15, 0.2) is 0 Å². The molecule has 3 aromatic carbocycles. The molecule has 2 fully saturated rings. The van der Waals surface area contributed by atoms with Gasteiger partial charge in [-0.2, -0.15) is 0 Å². The highest BCUT2D eigenvalue weighted by atomic mass is 16.6. The second-order valence-corrected chi connectivity index (χ2v) is 9.98. The van der Waals surface area contributed by atoms with Crippen molar-refractivity contribution in [1.82, 2.24) is 9.80 Å². The molecular weight excluding hydrogens is 436 g/mol. The van der Waals surface area contributed by atoms with Crippen LogP contribution in [0.5, 0.6) is 0 Å². The van der Waals surface area contributed by atoms with Crippen LogP contribution in [0.1, 0.15) is 22.6 Å². The highest BCUT2D eigenvalue weighted by Crippen LogP contribution is 2.35. The number of likely N-dealkylation sites (tertiary alicyclic amines) is 1.